The van der Waals surface area contributed by atoms with Gasteiger partial charge in [-0.25, -0.2) is 0 Å². The second-order valence-electron chi connectivity index (χ2n) is 3.99. The van der Waals surface area contributed by atoms with Gasteiger partial charge in [-0.3, -0.25) is 4.79 Å². The van der Waals surface area contributed by atoms with Gasteiger partial charge in [-0.05, 0) is 18.1 Å². The third kappa shape index (κ3) is 4.27. The van der Waals surface area contributed by atoms with E-state index in [0.717, 1.165) is 0 Å². The average Bonchev–Trinajstić information content (AvgIpc) is 2.29. The molecule has 0 aliphatic carbocycles. The van der Waals surface area contributed by atoms with E-state index in [-0.39, 0.29) is 11.2 Å². The summed E-state index contributed by atoms with van der Waals surface area (Å²) in [6, 6.07) is 10.2. The van der Waals surface area contributed by atoms with Gasteiger partial charge in [0.15, 0.2) is 0 Å². The molecule has 1 unspecified atom stereocenters. The fourth-order valence-electron chi connectivity index (χ4n) is 1.33. The molecule has 0 N–H and O–H groups in total. The molecule has 3 heteroatoms. The van der Waals surface area contributed by atoms with Crippen molar-refractivity contribution in [3.63, 3.8) is 0 Å². The number of rotatable bonds is 5. The molecule has 2 nitrogen and oxygen atoms in total. The zero-order chi connectivity index (χ0) is 12.0. The van der Waals surface area contributed by atoms with Crippen LogP contribution in [0.2, 0.25) is 0 Å². The van der Waals surface area contributed by atoms with Crippen molar-refractivity contribution in [2.24, 2.45) is 5.92 Å². The summed E-state index contributed by atoms with van der Waals surface area (Å²) >= 11 is 1.74. The Hall–Kier alpha value is -0.960. The normalized spacial score (nSPS) is 12.5. The van der Waals surface area contributed by atoms with E-state index in [4.69, 9.17) is 4.74 Å². The van der Waals surface area contributed by atoms with Gasteiger partial charge in [0.05, 0.1) is 13.5 Å². The lowest BCUT2D eigenvalue weighted by molar-refractivity contribution is -0.140. The molecule has 0 saturated carbocycles. The van der Waals surface area contributed by atoms with Gasteiger partial charge in [-0.1, -0.05) is 32.0 Å². The van der Waals surface area contributed by atoms with E-state index in [1.807, 2.05) is 18.2 Å². The van der Waals surface area contributed by atoms with Crippen LogP contribution >= 0.6 is 11.8 Å². The van der Waals surface area contributed by atoms with Crippen LogP contribution in [0.25, 0.3) is 0 Å². The van der Waals surface area contributed by atoms with Crippen LogP contribution in [0, 0.1) is 5.92 Å². The van der Waals surface area contributed by atoms with Crippen LogP contribution in [0.4, 0.5) is 0 Å². The van der Waals surface area contributed by atoms with E-state index in [1.54, 1.807) is 11.8 Å². The topological polar surface area (TPSA) is 26.3 Å². The van der Waals surface area contributed by atoms with E-state index in [1.165, 1.54) is 12.0 Å². The van der Waals surface area contributed by atoms with Crippen molar-refractivity contribution in [2.45, 2.75) is 30.4 Å². The van der Waals surface area contributed by atoms with E-state index >= 15 is 0 Å². The van der Waals surface area contributed by atoms with Gasteiger partial charge in [0.2, 0.25) is 0 Å². The number of hydrogen-bond acceptors (Lipinski definition) is 3. The molecule has 1 rings (SSSR count). The Balaban J connectivity index is 2.62. The highest BCUT2D eigenvalue weighted by Gasteiger charge is 2.19. The van der Waals surface area contributed by atoms with Crippen molar-refractivity contribution >= 4 is 17.7 Å². The van der Waals surface area contributed by atoms with Gasteiger partial charge in [-0.15, -0.1) is 11.8 Å². The minimum absolute atomic E-state index is 0.137. The third-order valence-electron chi connectivity index (χ3n) is 2.37. The van der Waals surface area contributed by atoms with Crippen LogP contribution in [0.3, 0.4) is 0 Å². The Morgan fingerprint density at radius 2 is 1.94 bits per heavy atom. The standard InChI is InChI=1S/C13H18O2S/c1-10(2)12(9-13(14)15-3)16-11-7-5-4-6-8-11/h4-8,10,12H,9H2,1-3H3. The molecule has 0 aliphatic rings. The minimum atomic E-state index is -0.137. The first-order chi connectivity index (χ1) is 7.63. The highest BCUT2D eigenvalue weighted by atomic mass is 32.2. The Bertz CT molecular complexity index is 322. The SMILES string of the molecule is COC(=O)CC(Sc1ccccc1)C(C)C. The summed E-state index contributed by atoms with van der Waals surface area (Å²) in [5.74, 6) is 0.312. The van der Waals surface area contributed by atoms with Gasteiger partial charge in [0.1, 0.15) is 0 Å². The molecule has 0 radical (unpaired) electrons. The van der Waals surface area contributed by atoms with Crippen molar-refractivity contribution in [2.75, 3.05) is 7.11 Å². The molecule has 0 heterocycles. The molecular weight excluding hydrogens is 220 g/mol. The number of esters is 1. The fourth-order valence-corrected chi connectivity index (χ4v) is 2.49. The van der Waals surface area contributed by atoms with Gasteiger partial charge in [0, 0.05) is 10.1 Å². The van der Waals surface area contributed by atoms with E-state index < -0.39 is 0 Å². The van der Waals surface area contributed by atoms with Crippen molar-refractivity contribution in [3.05, 3.63) is 30.3 Å². The molecule has 0 bridgehead atoms. The molecular formula is C13H18O2S. The van der Waals surface area contributed by atoms with E-state index in [0.29, 0.717) is 12.3 Å². The highest BCUT2D eigenvalue weighted by molar-refractivity contribution is 8.00. The monoisotopic (exact) mass is 238 g/mol. The molecule has 88 valence electrons. The summed E-state index contributed by atoms with van der Waals surface area (Å²) in [6.07, 6.45) is 0.466. The van der Waals surface area contributed by atoms with Crippen molar-refractivity contribution in [1.29, 1.82) is 0 Å². The summed E-state index contributed by atoms with van der Waals surface area (Å²) in [5.41, 5.74) is 0. The van der Waals surface area contributed by atoms with Crippen molar-refractivity contribution in [1.82, 2.24) is 0 Å². The number of carbonyl (C=O) groups excluding carboxylic acids is 1. The second-order valence-corrected chi connectivity index (χ2v) is 5.31. The number of thioether (sulfide) groups is 1. The van der Waals surface area contributed by atoms with E-state index in [2.05, 4.69) is 26.0 Å². The summed E-state index contributed by atoms with van der Waals surface area (Å²) < 4.78 is 4.72. The highest BCUT2D eigenvalue weighted by Crippen LogP contribution is 2.30. The number of carbonyl (C=O) groups is 1. The smallest absolute Gasteiger partial charge is 0.306 e. The Labute approximate surface area is 101 Å². The van der Waals surface area contributed by atoms with E-state index in [9.17, 15) is 4.79 Å². The maximum Gasteiger partial charge on any atom is 0.306 e. The number of benzene rings is 1. The maximum absolute atomic E-state index is 11.3. The Kier molecular flexibility index (Phi) is 5.39. The second kappa shape index (κ2) is 6.59. The van der Waals surface area contributed by atoms with Crippen LogP contribution in [0.15, 0.2) is 35.2 Å². The van der Waals surface area contributed by atoms with Crippen LogP contribution < -0.4 is 0 Å². The molecule has 1 aromatic carbocycles. The van der Waals surface area contributed by atoms with Crippen molar-refractivity contribution in [3.8, 4) is 0 Å². The number of ether oxygens (including phenoxy) is 1. The summed E-state index contributed by atoms with van der Waals surface area (Å²) in [5, 5.41) is 0.273. The summed E-state index contributed by atoms with van der Waals surface area (Å²) in [6.45, 7) is 4.26. The Morgan fingerprint density at radius 1 is 1.31 bits per heavy atom. The fraction of sp³-hybridized carbons (Fsp3) is 0.462. The van der Waals surface area contributed by atoms with Crippen LogP contribution in [0.1, 0.15) is 20.3 Å². The average molecular weight is 238 g/mol. The molecule has 0 fully saturated rings. The molecule has 0 amide bonds. The lowest BCUT2D eigenvalue weighted by Gasteiger charge is -2.18. The van der Waals surface area contributed by atoms with Gasteiger partial charge in [-0.2, -0.15) is 0 Å². The first-order valence-electron chi connectivity index (χ1n) is 5.42. The predicted octanol–water partition coefficient (Wildman–Crippen LogP) is 3.37. The minimum Gasteiger partial charge on any atom is -0.469 e. The van der Waals surface area contributed by atoms with Crippen molar-refractivity contribution < 1.29 is 9.53 Å². The molecule has 0 aromatic heterocycles. The molecule has 0 spiro atoms. The Morgan fingerprint density at radius 3 is 2.44 bits per heavy atom. The van der Waals surface area contributed by atoms with Gasteiger partial charge < -0.3 is 4.74 Å². The van der Waals surface area contributed by atoms with Crippen LogP contribution in [-0.4, -0.2) is 18.3 Å². The number of hydrogen-bond donors (Lipinski definition) is 0. The maximum atomic E-state index is 11.3. The molecule has 1 atom stereocenters. The largest absolute Gasteiger partial charge is 0.469 e. The molecule has 0 aliphatic heterocycles. The summed E-state index contributed by atoms with van der Waals surface area (Å²) in [4.78, 5) is 12.5. The first-order valence-corrected chi connectivity index (χ1v) is 6.30. The molecule has 1 aromatic rings. The van der Waals surface area contributed by atoms with Gasteiger partial charge in [0.25, 0.3) is 0 Å². The lowest BCUT2D eigenvalue weighted by atomic mass is 10.1. The van der Waals surface area contributed by atoms with Crippen LogP contribution in [-0.2, 0) is 9.53 Å². The van der Waals surface area contributed by atoms with Crippen LogP contribution in [0.5, 0.6) is 0 Å². The number of methoxy groups -OCH3 is 1. The zero-order valence-corrected chi connectivity index (χ0v) is 10.8. The quantitative estimate of drug-likeness (QED) is 0.581. The zero-order valence-electron chi connectivity index (χ0n) is 9.97. The molecule has 0 saturated heterocycles. The predicted molar refractivity (Wildman–Crippen MR) is 67.6 cm³/mol. The molecule has 16 heavy (non-hydrogen) atoms. The lowest BCUT2D eigenvalue weighted by Crippen LogP contribution is -2.17. The first kappa shape index (κ1) is 13.1. The summed E-state index contributed by atoms with van der Waals surface area (Å²) in [7, 11) is 1.44. The van der Waals surface area contributed by atoms with Gasteiger partial charge >= 0.3 is 5.97 Å². The third-order valence-corrected chi connectivity index (χ3v) is 3.93.